The maximum Gasteiger partial charge on any atom is 0.0259 e. The molecule has 2 nitrogen and oxygen atoms in total. The SMILES string of the molecule is CCC(C)C1CN(CC2(C)CCCS2)CCN1. The molecule has 2 aliphatic heterocycles. The minimum absolute atomic E-state index is 0.539. The molecule has 0 bridgehead atoms. The molecular formula is C14H28N2S. The Balaban J connectivity index is 1.84. The molecule has 2 aliphatic rings. The monoisotopic (exact) mass is 256 g/mol. The zero-order chi connectivity index (χ0) is 12.3. The van der Waals surface area contributed by atoms with E-state index in [-0.39, 0.29) is 0 Å². The van der Waals surface area contributed by atoms with Gasteiger partial charge in [0.2, 0.25) is 0 Å². The van der Waals surface area contributed by atoms with Crippen molar-refractivity contribution < 1.29 is 0 Å². The van der Waals surface area contributed by atoms with Gasteiger partial charge < -0.3 is 5.32 Å². The Labute approximate surface area is 111 Å². The molecule has 2 heterocycles. The summed E-state index contributed by atoms with van der Waals surface area (Å²) >= 11 is 2.19. The van der Waals surface area contributed by atoms with Crippen molar-refractivity contribution in [2.24, 2.45) is 5.92 Å². The fraction of sp³-hybridized carbons (Fsp3) is 1.00. The summed E-state index contributed by atoms with van der Waals surface area (Å²) in [6, 6.07) is 0.712. The van der Waals surface area contributed by atoms with Crippen molar-refractivity contribution >= 4 is 11.8 Å². The van der Waals surface area contributed by atoms with Crippen molar-refractivity contribution in [2.75, 3.05) is 31.9 Å². The topological polar surface area (TPSA) is 15.3 Å². The highest BCUT2D eigenvalue weighted by Crippen LogP contribution is 2.38. The van der Waals surface area contributed by atoms with E-state index in [1.807, 2.05) is 0 Å². The lowest BCUT2D eigenvalue weighted by Gasteiger charge is -2.40. The van der Waals surface area contributed by atoms with Crippen LogP contribution in [0.1, 0.15) is 40.0 Å². The minimum Gasteiger partial charge on any atom is -0.311 e. The molecule has 0 aromatic carbocycles. The second-order valence-electron chi connectivity index (χ2n) is 6.08. The summed E-state index contributed by atoms with van der Waals surface area (Å²) < 4.78 is 0.539. The third kappa shape index (κ3) is 3.62. The van der Waals surface area contributed by atoms with E-state index >= 15 is 0 Å². The molecule has 3 heteroatoms. The quantitative estimate of drug-likeness (QED) is 0.832. The summed E-state index contributed by atoms with van der Waals surface area (Å²) in [5.74, 6) is 2.18. The van der Waals surface area contributed by atoms with E-state index in [1.54, 1.807) is 0 Å². The highest BCUT2D eigenvalue weighted by molar-refractivity contribution is 8.00. The van der Waals surface area contributed by atoms with Gasteiger partial charge in [0.1, 0.15) is 0 Å². The van der Waals surface area contributed by atoms with E-state index in [0.29, 0.717) is 10.8 Å². The van der Waals surface area contributed by atoms with Crippen LogP contribution in [0.4, 0.5) is 0 Å². The summed E-state index contributed by atoms with van der Waals surface area (Å²) in [7, 11) is 0. The molecule has 2 rings (SSSR count). The summed E-state index contributed by atoms with van der Waals surface area (Å²) in [5.41, 5.74) is 0. The first kappa shape index (κ1) is 13.7. The molecular weight excluding hydrogens is 228 g/mol. The predicted octanol–water partition coefficient (Wildman–Crippen LogP) is 2.59. The van der Waals surface area contributed by atoms with Gasteiger partial charge in [0.15, 0.2) is 0 Å². The van der Waals surface area contributed by atoms with Crippen LogP contribution < -0.4 is 5.32 Å². The lowest BCUT2D eigenvalue weighted by molar-refractivity contribution is 0.157. The fourth-order valence-electron chi connectivity index (χ4n) is 3.09. The minimum atomic E-state index is 0.539. The highest BCUT2D eigenvalue weighted by Gasteiger charge is 2.33. The van der Waals surface area contributed by atoms with Crippen molar-refractivity contribution in [3.05, 3.63) is 0 Å². The lowest BCUT2D eigenvalue weighted by atomic mass is 9.96. The van der Waals surface area contributed by atoms with Gasteiger partial charge in [0.25, 0.3) is 0 Å². The Morgan fingerprint density at radius 3 is 3.00 bits per heavy atom. The lowest BCUT2D eigenvalue weighted by Crippen LogP contribution is -2.55. The largest absolute Gasteiger partial charge is 0.311 e. The van der Waals surface area contributed by atoms with E-state index in [2.05, 4.69) is 42.7 Å². The van der Waals surface area contributed by atoms with Crippen LogP contribution in [0.5, 0.6) is 0 Å². The van der Waals surface area contributed by atoms with Crippen molar-refractivity contribution in [3.8, 4) is 0 Å². The van der Waals surface area contributed by atoms with Gasteiger partial charge in [-0.3, -0.25) is 4.90 Å². The first-order valence-corrected chi connectivity index (χ1v) is 8.21. The molecule has 0 radical (unpaired) electrons. The maximum absolute atomic E-state index is 3.69. The molecule has 0 saturated carbocycles. The summed E-state index contributed by atoms with van der Waals surface area (Å²) in [6.45, 7) is 12.1. The molecule has 3 atom stereocenters. The first-order valence-electron chi connectivity index (χ1n) is 7.23. The standard InChI is InChI=1S/C14H28N2S/c1-4-12(2)13-10-16(8-7-15-13)11-14(3)6-5-9-17-14/h12-13,15H,4-11H2,1-3H3. The van der Waals surface area contributed by atoms with Crippen molar-refractivity contribution in [2.45, 2.75) is 50.8 Å². The van der Waals surface area contributed by atoms with Gasteiger partial charge in [-0.2, -0.15) is 11.8 Å². The number of nitrogens with zero attached hydrogens (tertiary/aromatic N) is 1. The Kier molecular flexibility index (Phi) is 4.79. The van der Waals surface area contributed by atoms with E-state index in [9.17, 15) is 0 Å². The van der Waals surface area contributed by atoms with Gasteiger partial charge in [-0.15, -0.1) is 0 Å². The number of rotatable bonds is 4. The van der Waals surface area contributed by atoms with Gasteiger partial charge in [-0.25, -0.2) is 0 Å². The zero-order valence-electron chi connectivity index (χ0n) is 11.7. The second-order valence-corrected chi connectivity index (χ2v) is 7.77. The Morgan fingerprint density at radius 2 is 2.35 bits per heavy atom. The molecule has 0 aliphatic carbocycles. The molecule has 1 N–H and O–H groups in total. The third-order valence-corrected chi connectivity index (χ3v) is 6.00. The Morgan fingerprint density at radius 1 is 1.53 bits per heavy atom. The molecule has 0 aromatic rings. The Bertz CT molecular complexity index is 238. The van der Waals surface area contributed by atoms with Gasteiger partial charge in [-0.05, 0) is 31.4 Å². The normalized spacial score (nSPS) is 37.2. The molecule has 0 spiro atoms. The van der Waals surface area contributed by atoms with Crippen LogP contribution in [-0.2, 0) is 0 Å². The molecule has 17 heavy (non-hydrogen) atoms. The van der Waals surface area contributed by atoms with E-state index in [0.717, 1.165) is 5.92 Å². The Hall–Kier alpha value is 0.270. The second kappa shape index (κ2) is 5.94. The predicted molar refractivity (Wildman–Crippen MR) is 77.8 cm³/mol. The van der Waals surface area contributed by atoms with Crippen LogP contribution in [0.2, 0.25) is 0 Å². The van der Waals surface area contributed by atoms with Gasteiger partial charge in [0.05, 0.1) is 0 Å². The number of piperazine rings is 1. The molecule has 100 valence electrons. The number of hydrogen-bond acceptors (Lipinski definition) is 3. The summed E-state index contributed by atoms with van der Waals surface area (Å²) in [6.07, 6.45) is 4.12. The first-order chi connectivity index (χ1) is 8.13. The average Bonchev–Trinajstić information content (AvgIpc) is 2.75. The van der Waals surface area contributed by atoms with Crippen LogP contribution in [0.15, 0.2) is 0 Å². The van der Waals surface area contributed by atoms with Crippen molar-refractivity contribution in [1.82, 2.24) is 10.2 Å². The molecule has 2 saturated heterocycles. The van der Waals surface area contributed by atoms with Crippen LogP contribution in [0.3, 0.4) is 0 Å². The highest BCUT2D eigenvalue weighted by atomic mass is 32.2. The van der Waals surface area contributed by atoms with E-state index in [4.69, 9.17) is 0 Å². The molecule has 3 unspecified atom stereocenters. The number of hydrogen-bond donors (Lipinski definition) is 1. The summed E-state index contributed by atoms with van der Waals surface area (Å²) in [5, 5.41) is 3.69. The van der Waals surface area contributed by atoms with Gasteiger partial charge >= 0.3 is 0 Å². The third-order valence-electron chi connectivity index (χ3n) is 4.48. The van der Waals surface area contributed by atoms with Gasteiger partial charge in [0, 0.05) is 37.0 Å². The van der Waals surface area contributed by atoms with E-state index < -0.39 is 0 Å². The van der Waals surface area contributed by atoms with E-state index in [1.165, 1.54) is 51.2 Å². The van der Waals surface area contributed by atoms with Crippen LogP contribution in [-0.4, -0.2) is 47.6 Å². The molecule has 0 amide bonds. The van der Waals surface area contributed by atoms with Crippen LogP contribution >= 0.6 is 11.8 Å². The van der Waals surface area contributed by atoms with Crippen molar-refractivity contribution in [3.63, 3.8) is 0 Å². The fourth-order valence-corrected chi connectivity index (χ4v) is 4.43. The smallest absolute Gasteiger partial charge is 0.0259 e. The zero-order valence-corrected chi connectivity index (χ0v) is 12.5. The number of nitrogens with one attached hydrogen (secondary N) is 1. The van der Waals surface area contributed by atoms with Gasteiger partial charge in [-0.1, -0.05) is 20.3 Å². The van der Waals surface area contributed by atoms with Crippen LogP contribution in [0.25, 0.3) is 0 Å². The maximum atomic E-state index is 3.69. The summed E-state index contributed by atoms with van der Waals surface area (Å²) in [4.78, 5) is 2.70. The molecule has 2 fully saturated rings. The number of thioether (sulfide) groups is 1. The average molecular weight is 256 g/mol. The molecule has 0 aromatic heterocycles. The van der Waals surface area contributed by atoms with Crippen LogP contribution in [0, 0.1) is 5.92 Å². The van der Waals surface area contributed by atoms with Crippen molar-refractivity contribution in [1.29, 1.82) is 0 Å².